The number of carbonyl (C=O) groups excluding carboxylic acids is 3. The molecule has 2 N–H and O–H groups in total. The number of carbonyl (C=O) groups is 3. The van der Waals surface area contributed by atoms with E-state index >= 15 is 0 Å². The van der Waals surface area contributed by atoms with E-state index in [4.69, 9.17) is 0 Å². The fourth-order valence-electron chi connectivity index (χ4n) is 2.49. The maximum absolute atomic E-state index is 12.5. The Kier molecular flexibility index (Phi) is 5.70. The summed E-state index contributed by atoms with van der Waals surface area (Å²) in [5.41, 5.74) is 0.907. The lowest BCUT2D eigenvalue weighted by Crippen LogP contribution is -2.43. The first-order valence-corrected chi connectivity index (χ1v) is 7.65. The molecule has 1 aromatic rings. The summed E-state index contributed by atoms with van der Waals surface area (Å²) >= 11 is 0. The molecular weight excluding hydrogens is 296 g/mol. The molecule has 0 saturated carbocycles. The highest BCUT2D eigenvalue weighted by molar-refractivity contribution is 6.01. The Morgan fingerprint density at radius 2 is 2.04 bits per heavy atom. The zero-order chi connectivity index (χ0) is 16.8. The standard InChI is InChI=1S/C16H22N4O3/c1-3-19(2)14(12-7-5-4-6-8-12)15(22)17-9-10-20-13(21)11-18-16(20)23/h4-8,14H,3,9-11H2,1-2H3,(H,17,22)(H,18,23). The Morgan fingerprint density at radius 3 is 2.61 bits per heavy atom. The highest BCUT2D eigenvalue weighted by atomic mass is 16.2. The largest absolute Gasteiger partial charge is 0.353 e. The number of rotatable bonds is 7. The molecular formula is C16H22N4O3. The van der Waals surface area contributed by atoms with Gasteiger partial charge >= 0.3 is 6.03 Å². The van der Waals surface area contributed by atoms with E-state index in [9.17, 15) is 14.4 Å². The number of hydrogen-bond acceptors (Lipinski definition) is 4. The van der Waals surface area contributed by atoms with Gasteiger partial charge in [-0.25, -0.2) is 4.79 Å². The van der Waals surface area contributed by atoms with E-state index in [1.807, 2.05) is 49.2 Å². The van der Waals surface area contributed by atoms with Crippen LogP contribution in [-0.4, -0.2) is 60.9 Å². The fourth-order valence-corrected chi connectivity index (χ4v) is 2.49. The van der Waals surface area contributed by atoms with E-state index in [1.165, 1.54) is 0 Å². The monoisotopic (exact) mass is 318 g/mol. The number of hydrogen-bond donors (Lipinski definition) is 2. The average molecular weight is 318 g/mol. The number of benzene rings is 1. The first-order valence-electron chi connectivity index (χ1n) is 7.65. The van der Waals surface area contributed by atoms with Gasteiger partial charge in [-0.3, -0.25) is 19.4 Å². The van der Waals surface area contributed by atoms with E-state index in [0.717, 1.165) is 17.0 Å². The predicted octanol–water partition coefficient (Wildman–Crippen LogP) is 0.347. The highest BCUT2D eigenvalue weighted by Gasteiger charge is 2.29. The van der Waals surface area contributed by atoms with Gasteiger partial charge in [0.1, 0.15) is 6.04 Å². The van der Waals surface area contributed by atoms with Gasteiger partial charge < -0.3 is 10.6 Å². The summed E-state index contributed by atoms with van der Waals surface area (Å²) in [6.45, 7) is 3.14. The molecule has 0 aromatic heterocycles. The fraction of sp³-hybridized carbons (Fsp3) is 0.438. The van der Waals surface area contributed by atoms with Crippen LogP contribution in [0.2, 0.25) is 0 Å². The van der Waals surface area contributed by atoms with Crippen molar-refractivity contribution < 1.29 is 14.4 Å². The lowest BCUT2D eigenvalue weighted by atomic mass is 10.0. The number of nitrogens with zero attached hydrogens (tertiary/aromatic N) is 2. The minimum Gasteiger partial charge on any atom is -0.353 e. The second kappa shape index (κ2) is 7.73. The van der Waals surface area contributed by atoms with Crippen LogP contribution in [-0.2, 0) is 9.59 Å². The quantitative estimate of drug-likeness (QED) is 0.711. The van der Waals surface area contributed by atoms with Crippen molar-refractivity contribution >= 4 is 17.8 Å². The third-order valence-electron chi connectivity index (χ3n) is 3.87. The van der Waals surface area contributed by atoms with Crippen LogP contribution in [0.4, 0.5) is 4.79 Å². The van der Waals surface area contributed by atoms with Gasteiger partial charge in [-0.2, -0.15) is 0 Å². The summed E-state index contributed by atoms with van der Waals surface area (Å²) in [5, 5.41) is 5.26. The van der Waals surface area contributed by atoms with Gasteiger partial charge in [-0.1, -0.05) is 37.3 Å². The molecule has 2 rings (SSSR count). The van der Waals surface area contributed by atoms with E-state index in [1.54, 1.807) is 0 Å². The first kappa shape index (κ1) is 17.0. The molecule has 1 unspecified atom stereocenters. The Bertz CT molecular complexity index is 560. The van der Waals surface area contributed by atoms with Crippen molar-refractivity contribution in [2.75, 3.05) is 33.2 Å². The Balaban J connectivity index is 1.96. The van der Waals surface area contributed by atoms with Crippen molar-refractivity contribution in [3.05, 3.63) is 35.9 Å². The van der Waals surface area contributed by atoms with Crippen LogP contribution in [0.3, 0.4) is 0 Å². The molecule has 7 heteroatoms. The molecule has 1 saturated heterocycles. The summed E-state index contributed by atoms with van der Waals surface area (Å²) in [6, 6.07) is 8.71. The molecule has 1 aliphatic rings. The number of urea groups is 1. The van der Waals surface area contributed by atoms with Crippen LogP contribution in [0.25, 0.3) is 0 Å². The normalized spacial score (nSPS) is 15.7. The van der Waals surface area contributed by atoms with Crippen molar-refractivity contribution in [1.82, 2.24) is 20.4 Å². The molecule has 7 nitrogen and oxygen atoms in total. The number of amides is 4. The Hall–Kier alpha value is -2.41. The molecule has 1 heterocycles. The van der Waals surface area contributed by atoms with Crippen LogP contribution in [0.5, 0.6) is 0 Å². The minimum absolute atomic E-state index is 0.0258. The van der Waals surface area contributed by atoms with Gasteiger partial charge in [0.2, 0.25) is 11.8 Å². The molecule has 0 spiro atoms. The van der Waals surface area contributed by atoms with Gasteiger partial charge in [0.25, 0.3) is 0 Å². The molecule has 23 heavy (non-hydrogen) atoms. The van der Waals surface area contributed by atoms with Crippen molar-refractivity contribution in [1.29, 1.82) is 0 Å². The summed E-state index contributed by atoms with van der Waals surface area (Å²) in [7, 11) is 1.88. The molecule has 124 valence electrons. The van der Waals surface area contributed by atoms with Gasteiger partial charge in [-0.15, -0.1) is 0 Å². The van der Waals surface area contributed by atoms with Gasteiger partial charge in [0, 0.05) is 13.1 Å². The van der Waals surface area contributed by atoms with E-state index in [-0.39, 0.29) is 31.4 Å². The molecule has 1 fully saturated rings. The lowest BCUT2D eigenvalue weighted by Gasteiger charge is -2.26. The smallest absolute Gasteiger partial charge is 0.324 e. The molecule has 4 amide bonds. The molecule has 1 aromatic carbocycles. The highest BCUT2D eigenvalue weighted by Crippen LogP contribution is 2.19. The van der Waals surface area contributed by atoms with Crippen LogP contribution in [0, 0.1) is 0 Å². The Morgan fingerprint density at radius 1 is 1.35 bits per heavy atom. The maximum Gasteiger partial charge on any atom is 0.324 e. The topological polar surface area (TPSA) is 81.8 Å². The zero-order valence-electron chi connectivity index (χ0n) is 13.4. The molecule has 0 radical (unpaired) electrons. The maximum atomic E-state index is 12.5. The van der Waals surface area contributed by atoms with E-state index in [0.29, 0.717) is 0 Å². The number of likely N-dealkylation sites (N-methyl/N-ethyl adjacent to an activating group) is 1. The van der Waals surface area contributed by atoms with Crippen LogP contribution < -0.4 is 10.6 Å². The van der Waals surface area contributed by atoms with Gasteiger partial charge in [0.05, 0.1) is 6.54 Å². The van der Waals surface area contributed by atoms with E-state index in [2.05, 4.69) is 10.6 Å². The van der Waals surface area contributed by atoms with Crippen molar-refractivity contribution in [3.63, 3.8) is 0 Å². The SMILES string of the molecule is CCN(C)C(C(=O)NCCN1C(=O)CNC1=O)c1ccccc1. The third kappa shape index (κ3) is 4.07. The summed E-state index contributed by atoms with van der Waals surface area (Å²) < 4.78 is 0. The summed E-state index contributed by atoms with van der Waals surface area (Å²) in [6.07, 6.45) is 0. The van der Waals surface area contributed by atoms with Crippen LogP contribution in [0.1, 0.15) is 18.5 Å². The molecule has 0 aliphatic carbocycles. The number of nitrogens with one attached hydrogen (secondary N) is 2. The minimum atomic E-state index is -0.408. The molecule has 0 bridgehead atoms. The average Bonchev–Trinajstić information content (AvgIpc) is 2.87. The molecule has 1 aliphatic heterocycles. The van der Waals surface area contributed by atoms with E-state index < -0.39 is 12.1 Å². The predicted molar refractivity (Wildman–Crippen MR) is 85.6 cm³/mol. The van der Waals surface area contributed by atoms with Gasteiger partial charge in [0.15, 0.2) is 0 Å². The van der Waals surface area contributed by atoms with Crippen molar-refractivity contribution in [3.8, 4) is 0 Å². The zero-order valence-corrected chi connectivity index (χ0v) is 13.4. The van der Waals surface area contributed by atoms with Crippen LogP contribution in [0.15, 0.2) is 30.3 Å². The Labute approximate surface area is 135 Å². The van der Waals surface area contributed by atoms with Gasteiger partial charge in [-0.05, 0) is 19.2 Å². The third-order valence-corrected chi connectivity index (χ3v) is 3.87. The summed E-state index contributed by atoms with van der Waals surface area (Å²) in [4.78, 5) is 38.5. The van der Waals surface area contributed by atoms with Crippen molar-refractivity contribution in [2.45, 2.75) is 13.0 Å². The summed E-state index contributed by atoms with van der Waals surface area (Å²) in [5.74, 6) is -0.415. The molecule has 1 atom stereocenters. The van der Waals surface area contributed by atoms with Crippen molar-refractivity contribution in [2.24, 2.45) is 0 Å². The number of imide groups is 1. The first-order chi connectivity index (χ1) is 11.0. The lowest BCUT2D eigenvalue weighted by molar-refractivity contribution is -0.128. The second-order valence-electron chi connectivity index (χ2n) is 5.38. The second-order valence-corrected chi connectivity index (χ2v) is 5.38. The van der Waals surface area contributed by atoms with Crippen LogP contribution >= 0.6 is 0 Å².